The number of imidazole rings is 1. The van der Waals surface area contributed by atoms with Gasteiger partial charge in [0.2, 0.25) is 10.0 Å². The van der Waals surface area contributed by atoms with Gasteiger partial charge < -0.3 is 10.3 Å². The SMILES string of the molecule is Cc1ccc(S(=O)(=O)N(C)C)cc1C(=O)Nc1ccc2nc(C(C)(C)C)[nH]c2c1. The third-order valence-electron chi connectivity index (χ3n) is 4.68. The summed E-state index contributed by atoms with van der Waals surface area (Å²) < 4.78 is 25.9. The number of benzene rings is 2. The number of nitrogens with zero attached hydrogens (tertiary/aromatic N) is 2. The summed E-state index contributed by atoms with van der Waals surface area (Å²) >= 11 is 0. The molecular weight excluding hydrogens is 388 g/mol. The largest absolute Gasteiger partial charge is 0.341 e. The third kappa shape index (κ3) is 4.18. The number of carbonyl (C=O) groups is 1. The molecule has 0 saturated carbocycles. The second-order valence-corrected chi connectivity index (χ2v) is 10.4. The van der Waals surface area contributed by atoms with E-state index in [9.17, 15) is 13.2 Å². The summed E-state index contributed by atoms with van der Waals surface area (Å²) in [6.45, 7) is 8.00. The lowest BCUT2D eigenvalue weighted by atomic mass is 9.96. The number of fused-ring (bicyclic) bond motifs is 1. The van der Waals surface area contributed by atoms with Gasteiger partial charge in [-0.05, 0) is 42.8 Å². The maximum Gasteiger partial charge on any atom is 0.255 e. The van der Waals surface area contributed by atoms with Crippen molar-refractivity contribution in [2.24, 2.45) is 0 Å². The number of amides is 1. The molecular formula is C21H26N4O3S. The van der Waals surface area contributed by atoms with Crippen molar-refractivity contribution in [2.45, 2.75) is 38.0 Å². The van der Waals surface area contributed by atoms with Crippen molar-refractivity contribution in [3.63, 3.8) is 0 Å². The molecule has 1 aromatic heterocycles. The van der Waals surface area contributed by atoms with Gasteiger partial charge in [-0.3, -0.25) is 4.79 Å². The Balaban J connectivity index is 1.92. The van der Waals surface area contributed by atoms with Crippen LogP contribution in [0.25, 0.3) is 11.0 Å². The van der Waals surface area contributed by atoms with Gasteiger partial charge in [0.1, 0.15) is 5.82 Å². The Bertz CT molecular complexity index is 1190. The lowest BCUT2D eigenvalue weighted by Crippen LogP contribution is -2.23. The molecule has 1 heterocycles. The topological polar surface area (TPSA) is 95.2 Å². The fourth-order valence-electron chi connectivity index (χ4n) is 2.86. The van der Waals surface area contributed by atoms with Crippen LogP contribution in [0.2, 0.25) is 0 Å². The molecule has 29 heavy (non-hydrogen) atoms. The van der Waals surface area contributed by atoms with Crippen LogP contribution in [0, 0.1) is 6.92 Å². The second-order valence-electron chi connectivity index (χ2n) is 8.29. The average molecular weight is 415 g/mol. The van der Waals surface area contributed by atoms with E-state index in [1.54, 1.807) is 19.1 Å². The molecule has 0 spiro atoms. The molecule has 0 bridgehead atoms. The number of hydrogen-bond donors (Lipinski definition) is 2. The molecule has 0 aliphatic heterocycles. The van der Waals surface area contributed by atoms with Gasteiger partial charge in [-0.15, -0.1) is 0 Å². The van der Waals surface area contributed by atoms with Gasteiger partial charge in [-0.25, -0.2) is 17.7 Å². The maximum absolute atomic E-state index is 12.8. The molecule has 0 unspecified atom stereocenters. The van der Waals surface area contributed by atoms with Gasteiger partial charge in [-0.1, -0.05) is 26.8 Å². The molecule has 2 N–H and O–H groups in total. The normalized spacial score (nSPS) is 12.5. The molecule has 3 rings (SSSR count). The molecule has 0 fully saturated rings. The fourth-order valence-corrected chi connectivity index (χ4v) is 3.79. The number of H-pyrrole nitrogens is 1. The quantitative estimate of drug-likeness (QED) is 0.681. The zero-order valence-electron chi connectivity index (χ0n) is 17.5. The molecule has 8 heteroatoms. The summed E-state index contributed by atoms with van der Waals surface area (Å²) in [5, 5.41) is 2.85. The number of anilines is 1. The average Bonchev–Trinajstić information content (AvgIpc) is 3.05. The van der Waals surface area contributed by atoms with Crippen molar-refractivity contribution in [3.8, 4) is 0 Å². The van der Waals surface area contributed by atoms with Gasteiger partial charge >= 0.3 is 0 Å². The highest BCUT2D eigenvalue weighted by Gasteiger charge is 2.21. The van der Waals surface area contributed by atoms with Crippen molar-refractivity contribution >= 4 is 32.7 Å². The molecule has 0 atom stereocenters. The van der Waals surface area contributed by atoms with Gasteiger partial charge in [-0.2, -0.15) is 0 Å². The van der Waals surface area contributed by atoms with E-state index in [0.717, 1.165) is 21.2 Å². The molecule has 0 radical (unpaired) electrons. The highest BCUT2D eigenvalue weighted by molar-refractivity contribution is 7.89. The molecule has 0 aliphatic carbocycles. The number of nitrogens with one attached hydrogen (secondary N) is 2. The summed E-state index contributed by atoms with van der Waals surface area (Å²) in [7, 11) is -0.705. The van der Waals surface area contributed by atoms with E-state index in [1.165, 1.54) is 26.2 Å². The Hall–Kier alpha value is -2.71. The van der Waals surface area contributed by atoms with E-state index < -0.39 is 10.0 Å². The summed E-state index contributed by atoms with van der Waals surface area (Å²) in [4.78, 5) is 20.8. The summed E-state index contributed by atoms with van der Waals surface area (Å²) in [6, 6.07) is 10.0. The predicted octanol–water partition coefficient (Wildman–Crippen LogP) is 3.67. The highest BCUT2D eigenvalue weighted by Crippen LogP contribution is 2.25. The van der Waals surface area contributed by atoms with Crippen LogP contribution < -0.4 is 5.32 Å². The summed E-state index contributed by atoms with van der Waals surface area (Å²) in [5.41, 5.74) is 3.15. The number of hydrogen-bond acceptors (Lipinski definition) is 4. The first kappa shape index (κ1) is 21.0. The van der Waals surface area contributed by atoms with Crippen LogP contribution in [0.3, 0.4) is 0 Å². The maximum atomic E-state index is 12.8. The van der Waals surface area contributed by atoms with Gasteiger partial charge in [0.25, 0.3) is 5.91 Å². The van der Waals surface area contributed by atoms with Crippen molar-refractivity contribution in [2.75, 3.05) is 19.4 Å². The monoisotopic (exact) mass is 414 g/mol. The predicted molar refractivity (Wildman–Crippen MR) is 115 cm³/mol. The van der Waals surface area contributed by atoms with Crippen molar-refractivity contribution in [1.29, 1.82) is 0 Å². The Kier molecular flexibility index (Phi) is 5.27. The zero-order chi connectivity index (χ0) is 21.6. The van der Waals surface area contributed by atoms with Crippen LogP contribution in [-0.2, 0) is 15.4 Å². The first-order chi connectivity index (χ1) is 13.4. The third-order valence-corrected chi connectivity index (χ3v) is 6.49. The zero-order valence-corrected chi connectivity index (χ0v) is 18.3. The van der Waals surface area contributed by atoms with Crippen LogP contribution in [0.4, 0.5) is 5.69 Å². The van der Waals surface area contributed by atoms with E-state index in [2.05, 4.69) is 36.1 Å². The Morgan fingerprint density at radius 2 is 1.79 bits per heavy atom. The number of aromatic nitrogens is 2. The van der Waals surface area contributed by atoms with Gasteiger partial charge in [0.15, 0.2) is 0 Å². The number of sulfonamides is 1. The molecule has 2 aromatic carbocycles. The first-order valence-electron chi connectivity index (χ1n) is 9.24. The Morgan fingerprint density at radius 3 is 2.41 bits per heavy atom. The molecule has 3 aromatic rings. The number of carbonyl (C=O) groups excluding carboxylic acids is 1. The molecule has 0 saturated heterocycles. The van der Waals surface area contributed by atoms with Crippen LogP contribution >= 0.6 is 0 Å². The van der Waals surface area contributed by atoms with E-state index in [4.69, 9.17) is 0 Å². The van der Waals surface area contributed by atoms with Crippen molar-refractivity contribution in [1.82, 2.24) is 14.3 Å². The number of aryl methyl sites for hydroxylation is 1. The molecule has 0 aliphatic rings. The van der Waals surface area contributed by atoms with Crippen LogP contribution in [0.5, 0.6) is 0 Å². The lowest BCUT2D eigenvalue weighted by molar-refractivity contribution is 0.102. The van der Waals surface area contributed by atoms with Crippen LogP contribution in [0.15, 0.2) is 41.3 Å². The van der Waals surface area contributed by atoms with E-state index >= 15 is 0 Å². The molecule has 1 amide bonds. The molecule has 154 valence electrons. The lowest BCUT2D eigenvalue weighted by Gasteiger charge is -2.14. The first-order valence-corrected chi connectivity index (χ1v) is 10.7. The van der Waals surface area contributed by atoms with Gasteiger partial charge in [0.05, 0.1) is 15.9 Å². The van der Waals surface area contributed by atoms with Gasteiger partial charge in [0, 0.05) is 30.8 Å². The smallest absolute Gasteiger partial charge is 0.255 e. The summed E-state index contributed by atoms with van der Waals surface area (Å²) in [5.74, 6) is 0.502. The van der Waals surface area contributed by atoms with E-state index in [-0.39, 0.29) is 16.2 Å². The minimum Gasteiger partial charge on any atom is -0.341 e. The molecule has 7 nitrogen and oxygen atoms in total. The fraction of sp³-hybridized carbons (Fsp3) is 0.333. The Morgan fingerprint density at radius 1 is 1.10 bits per heavy atom. The van der Waals surface area contributed by atoms with Crippen molar-refractivity contribution < 1.29 is 13.2 Å². The minimum absolute atomic E-state index is 0.0806. The second kappa shape index (κ2) is 7.27. The minimum atomic E-state index is -3.62. The number of aromatic amines is 1. The van der Waals surface area contributed by atoms with Crippen LogP contribution in [0.1, 0.15) is 42.5 Å². The highest BCUT2D eigenvalue weighted by atomic mass is 32.2. The summed E-state index contributed by atoms with van der Waals surface area (Å²) in [6.07, 6.45) is 0. The number of rotatable bonds is 4. The van der Waals surface area contributed by atoms with E-state index in [1.807, 2.05) is 12.1 Å². The van der Waals surface area contributed by atoms with Crippen LogP contribution in [-0.4, -0.2) is 42.7 Å². The van der Waals surface area contributed by atoms with E-state index in [0.29, 0.717) is 16.8 Å². The standard InChI is InChI=1S/C21H26N4O3S/c1-13-7-9-15(29(27,28)25(5)6)12-16(13)19(26)22-14-8-10-17-18(11-14)24-20(23-17)21(2,3)4/h7-12H,1-6H3,(H,22,26)(H,23,24). The Labute approximate surface area is 171 Å². The van der Waals surface area contributed by atoms with Crippen molar-refractivity contribution in [3.05, 3.63) is 53.3 Å².